The van der Waals surface area contributed by atoms with Gasteiger partial charge in [-0.05, 0) is 123 Å². The molecule has 2 nitrogen and oxygen atoms in total. The van der Waals surface area contributed by atoms with Gasteiger partial charge in [0.15, 0.2) is 0 Å². The van der Waals surface area contributed by atoms with Crippen LogP contribution in [0.3, 0.4) is 0 Å². The smallest absolute Gasteiger partial charge is 0.0525 e. The third kappa shape index (κ3) is 4.11. The largest absolute Gasteiger partial charge is 0.299 e. The predicted octanol–water partition coefficient (Wildman–Crippen LogP) is 9.03. The third-order valence-electron chi connectivity index (χ3n) is 13.7. The van der Waals surface area contributed by atoms with Crippen LogP contribution in [0.25, 0.3) is 11.1 Å². The maximum atomic E-state index is 2.94. The van der Waals surface area contributed by atoms with E-state index in [0.29, 0.717) is 41.9 Å². The molecule has 2 heteroatoms. The Morgan fingerprint density at radius 3 is 2.14 bits per heavy atom. The van der Waals surface area contributed by atoms with Crippen LogP contribution >= 0.6 is 0 Å². The van der Waals surface area contributed by atoms with Crippen molar-refractivity contribution in [1.82, 2.24) is 9.80 Å². The van der Waals surface area contributed by atoms with Crippen LogP contribution in [-0.2, 0) is 5.41 Å². The summed E-state index contributed by atoms with van der Waals surface area (Å²) in [6, 6.07) is 21.2. The number of rotatable bonds is 0. The second-order valence-corrected chi connectivity index (χ2v) is 15.2. The van der Waals surface area contributed by atoms with E-state index < -0.39 is 0 Å². The normalized spacial score (nSPS) is 38.5. The van der Waals surface area contributed by atoms with Crippen LogP contribution in [0.4, 0.5) is 0 Å². The first kappa shape index (κ1) is 28.1. The number of hydrogen-bond acceptors (Lipinski definition) is 2. The van der Waals surface area contributed by atoms with Gasteiger partial charge < -0.3 is 0 Å². The topological polar surface area (TPSA) is 6.48 Å². The predicted molar refractivity (Wildman–Crippen MR) is 180 cm³/mol. The molecule has 3 aliphatic heterocycles. The number of piperidine rings is 2. The molecule has 8 rings (SSSR count). The number of fused-ring (bicyclic) bond motifs is 17. The van der Waals surface area contributed by atoms with E-state index in [1.165, 1.54) is 68.9 Å². The molecule has 6 aliphatic rings. The summed E-state index contributed by atoms with van der Waals surface area (Å²) in [6.45, 7) is 5.16. The fourth-order valence-electron chi connectivity index (χ4n) is 11.5. The van der Waals surface area contributed by atoms with Gasteiger partial charge in [-0.25, -0.2) is 0 Å². The number of nitrogens with zero attached hydrogens (tertiary/aromatic N) is 2. The summed E-state index contributed by atoms with van der Waals surface area (Å²) in [6.07, 6.45) is 24.5. The fraction of sp³-hybridized carbons (Fsp3) is 0.561. The van der Waals surface area contributed by atoms with Crippen LogP contribution in [0.5, 0.6) is 0 Å². The third-order valence-corrected chi connectivity index (χ3v) is 13.7. The number of allylic oxidation sites excluding steroid dienone is 4. The van der Waals surface area contributed by atoms with Gasteiger partial charge in [0.2, 0.25) is 0 Å². The Balaban J connectivity index is 1.36. The summed E-state index contributed by atoms with van der Waals surface area (Å²) in [5.41, 5.74) is 7.84. The van der Waals surface area contributed by atoms with Crippen LogP contribution in [0.2, 0.25) is 0 Å². The quantitative estimate of drug-likeness (QED) is 0.291. The highest BCUT2D eigenvalue weighted by Crippen LogP contribution is 2.59. The van der Waals surface area contributed by atoms with E-state index in [4.69, 9.17) is 0 Å². The molecule has 3 heterocycles. The highest BCUT2D eigenvalue weighted by atomic mass is 15.2. The minimum Gasteiger partial charge on any atom is -0.299 e. The Labute approximate surface area is 260 Å². The van der Waals surface area contributed by atoms with Gasteiger partial charge in [-0.3, -0.25) is 9.80 Å². The number of likely N-dealkylation sites (N-methyl/N-ethyl adjacent to an activating group) is 2. The molecule has 1 spiro atoms. The molecule has 3 saturated heterocycles. The zero-order valence-corrected chi connectivity index (χ0v) is 27.0. The summed E-state index contributed by atoms with van der Waals surface area (Å²) in [7, 11) is 5.04. The van der Waals surface area contributed by atoms with E-state index in [-0.39, 0.29) is 5.41 Å². The molecule has 3 fully saturated rings. The number of hydrogen-bond donors (Lipinski definition) is 0. The van der Waals surface area contributed by atoms with Crippen molar-refractivity contribution in [2.24, 2.45) is 29.6 Å². The van der Waals surface area contributed by atoms with E-state index in [1.807, 2.05) is 0 Å². The fourth-order valence-corrected chi connectivity index (χ4v) is 11.5. The highest BCUT2D eigenvalue weighted by Gasteiger charge is 2.58. The monoisotopic (exact) mass is 572 g/mol. The molecular weight excluding hydrogens is 520 g/mol. The van der Waals surface area contributed by atoms with E-state index >= 15 is 0 Å². The molecule has 8 bridgehead atoms. The van der Waals surface area contributed by atoms with Crippen molar-refractivity contribution in [2.75, 3.05) is 14.1 Å². The summed E-state index contributed by atoms with van der Waals surface area (Å²) in [5.74, 6) is 3.46. The van der Waals surface area contributed by atoms with Crippen molar-refractivity contribution in [2.45, 2.75) is 101 Å². The van der Waals surface area contributed by atoms with Crippen LogP contribution in [-0.4, -0.2) is 48.1 Å². The second-order valence-electron chi connectivity index (χ2n) is 15.2. The zero-order chi connectivity index (χ0) is 29.3. The van der Waals surface area contributed by atoms with Crippen molar-refractivity contribution < 1.29 is 0 Å². The summed E-state index contributed by atoms with van der Waals surface area (Å²) in [5, 5.41) is 0. The van der Waals surface area contributed by atoms with Gasteiger partial charge in [0.1, 0.15) is 0 Å². The lowest BCUT2D eigenvalue weighted by atomic mass is 9.60. The minimum absolute atomic E-state index is 0.0388. The van der Waals surface area contributed by atoms with E-state index in [2.05, 4.69) is 117 Å². The highest BCUT2D eigenvalue weighted by molar-refractivity contribution is 5.82. The van der Waals surface area contributed by atoms with Crippen LogP contribution in [0, 0.1) is 29.6 Å². The number of benzene rings is 2. The van der Waals surface area contributed by atoms with Crippen LogP contribution < -0.4 is 0 Å². The minimum atomic E-state index is -0.0388. The van der Waals surface area contributed by atoms with Crippen LogP contribution in [0.1, 0.15) is 82.8 Å². The van der Waals surface area contributed by atoms with Gasteiger partial charge >= 0.3 is 0 Å². The Hall–Kier alpha value is -2.42. The van der Waals surface area contributed by atoms with Gasteiger partial charge in [0.25, 0.3) is 0 Å². The molecule has 9 atom stereocenters. The lowest BCUT2D eigenvalue weighted by Crippen LogP contribution is -2.66. The maximum Gasteiger partial charge on any atom is 0.0525 e. The van der Waals surface area contributed by atoms with Crippen molar-refractivity contribution in [3.05, 3.63) is 95.6 Å². The average Bonchev–Trinajstić information content (AvgIpc) is 3.32. The van der Waals surface area contributed by atoms with Crippen molar-refractivity contribution in [3.8, 4) is 11.1 Å². The second kappa shape index (κ2) is 10.9. The summed E-state index contributed by atoms with van der Waals surface area (Å²) >= 11 is 0. The lowest BCUT2D eigenvalue weighted by molar-refractivity contribution is -0.0148. The molecule has 0 N–H and O–H groups in total. The molecule has 9 unspecified atom stereocenters. The van der Waals surface area contributed by atoms with Crippen LogP contribution in [0.15, 0.2) is 84.5 Å². The van der Waals surface area contributed by atoms with Crippen molar-refractivity contribution >= 4 is 0 Å². The van der Waals surface area contributed by atoms with E-state index in [9.17, 15) is 0 Å². The zero-order valence-electron chi connectivity index (χ0n) is 27.0. The maximum absolute atomic E-state index is 2.94. The molecule has 43 heavy (non-hydrogen) atoms. The molecule has 0 aromatic heterocycles. The van der Waals surface area contributed by atoms with Gasteiger partial charge in [0, 0.05) is 24.2 Å². The van der Waals surface area contributed by atoms with Crippen molar-refractivity contribution in [1.29, 1.82) is 0 Å². The Morgan fingerprint density at radius 1 is 0.721 bits per heavy atom. The Morgan fingerprint density at radius 2 is 1.40 bits per heavy atom. The molecule has 2 aromatic rings. The Bertz CT molecular complexity index is 1400. The van der Waals surface area contributed by atoms with Gasteiger partial charge in [-0.15, -0.1) is 0 Å². The molecule has 0 saturated carbocycles. The molecule has 226 valence electrons. The van der Waals surface area contributed by atoms with Crippen molar-refractivity contribution in [3.63, 3.8) is 0 Å². The molecule has 3 aliphatic carbocycles. The first-order valence-corrected chi connectivity index (χ1v) is 17.7. The van der Waals surface area contributed by atoms with E-state index in [1.54, 1.807) is 16.7 Å². The van der Waals surface area contributed by atoms with E-state index in [0.717, 1.165) is 11.8 Å². The Kier molecular flexibility index (Phi) is 7.11. The summed E-state index contributed by atoms with van der Waals surface area (Å²) < 4.78 is 0. The molecule has 0 radical (unpaired) electrons. The molecular formula is C41H52N2. The molecule has 2 aromatic carbocycles. The first-order valence-electron chi connectivity index (χ1n) is 17.7. The average molecular weight is 573 g/mol. The van der Waals surface area contributed by atoms with Gasteiger partial charge in [-0.2, -0.15) is 0 Å². The van der Waals surface area contributed by atoms with Gasteiger partial charge in [0.05, 0.1) is 5.41 Å². The SMILES string of the molecule is CC1C2=CC=CC1CCC1CC=CC(C1C)C1CCCC(N1C)C1(c3ccccc3-c3ccccc31)C1CCCC2N1C. The summed E-state index contributed by atoms with van der Waals surface area (Å²) in [4.78, 5) is 5.84. The molecule has 0 amide bonds. The van der Waals surface area contributed by atoms with Gasteiger partial charge in [-0.1, -0.05) is 99.2 Å². The lowest BCUT2D eigenvalue weighted by Gasteiger charge is -2.58. The standard InChI is InChI=1S/C41H52N2/c1-27-29-13-9-17-31(27)37-21-11-23-39(42(37)3)41(35-19-7-5-15-33(35)34-16-6-8-20-36(34)41)40-24-12-22-38(43(40)4)32-18-10-14-30(26-25-29)28(32)2/h5-10,13,15-20,27-30,32,37-40H,11-12,14,21-26H2,1-4H3. The first-order chi connectivity index (χ1) is 21.0.